The lowest BCUT2D eigenvalue weighted by atomic mass is 10.3. The molecule has 0 saturated heterocycles. The van der Waals surface area contributed by atoms with E-state index in [1.807, 2.05) is 13.2 Å². The molecule has 0 aromatic carbocycles. The Hall–Kier alpha value is -1.00. The van der Waals surface area contributed by atoms with Crippen molar-refractivity contribution in [1.29, 1.82) is 0 Å². The standard InChI is InChI=1S/C10H18N4/c1-11-4-3-7-14(2)9-10-8-12-5-6-13-10/h5-6,8,11H,3-4,7,9H2,1-2H3. The first-order valence-corrected chi connectivity index (χ1v) is 4.91. The Bertz CT molecular complexity index is 237. The van der Waals surface area contributed by atoms with Crippen LogP contribution in [0.3, 0.4) is 0 Å². The van der Waals surface area contributed by atoms with E-state index in [2.05, 4.69) is 27.2 Å². The Morgan fingerprint density at radius 3 is 2.93 bits per heavy atom. The molecule has 78 valence electrons. The fraction of sp³-hybridized carbons (Fsp3) is 0.600. The van der Waals surface area contributed by atoms with Crippen molar-refractivity contribution in [2.24, 2.45) is 0 Å². The maximum Gasteiger partial charge on any atom is 0.0726 e. The average Bonchev–Trinajstić information content (AvgIpc) is 2.20. The molecule has 4 heteroatoms. The molecule has 1 N–H and O–H groups in total. The molecular formula is C10H18N4. The molecule has 0 fully saturated rings. The molecule has 0 aliphatic carbocycles. The molecule has 1 aromatic rings. The molecule has 1 heterocycles. The quantitative estimate of drug-likeness (QED) is 0.670. The second-order valence-corrected chi connectivity index (χ2v) is 3.39. The summed E-state index contributed by atoms with van der Waals surface area (Å²) in [4.78, 5) is 10.5. The fourth-order valence-electron chi connectivity index (χ4n) is 1.29. The van der Waals surface area contributed by atoms with Gasteiger partial charge in [0.15, 0.2) is 0 Å². The normalized spacial score (nSPS) is 10.8. The van der Waals surface area contributed by atoms with E-state index in [0.29, 0.717) is 0 Å². The van der Waals surface area contributed by atoms with Gasteiger partial charge in [-0.25, -0.2) is 0 Å². The third kappa shape index (κ3) is 4.30. The van der Waals surface area contributed by atoms with Gasteiger partial charge in [0.2, 0.25) is 0 Å². The maximum absolute atomic E-state index is 4.23. The zero-order valence-corrected chi connectivity index (χ0v) is 8.90. The summed E-state index contributed by atoms with van der Waals surface area (Å²) in [5, 5.41) is 3.13. The lowest BCUT2D eigenvalue weighted by molar-refractivity contribution is 0.317. The minimum absolute atomic E-state index is 0.873. The summed E-state index contributed by atoms with van der Waals surface area (Å²) in [5.74, 6) is 0. The first-order chi connectivity index (χ1) is 6.83. The van der Waals surface area contributed by atoms with E-state index in [0.717, 1.165) is 31.7 Å². The van der Waals surface area contributed by atoms with Gasteiger partial charge in [0.25, 0.3) is 0 Å². The third-order valence-corrected chi connectivity index (χ3v) is 2.02. The second kappa shape index (κ2) is 6.45. The first-order valence-electron chi connectivity index (χ1n) is 4.91. The van der Waals surface area contributed by atoms with E-state index in [1.54, 1.807) is 12.4 Å². The van der Waals surface area contributed by atoms with Gasteiger partial charge < -0.3 is 10.2 Å². The van der Waals surface area contributed by atoms with Crippen molar-refractivity contribution in [2.75, 3.05) is 27.2 Å². The Morgan fingerprint density at radius 1 is 1.43 bits per heavy atom. The number of nitrogens with zero attached hydrogens (tertiary/aromatic N) is 3. The lowest BCUT2D eigenvalue weighted by Crippen LogP contribution is -2.22. The highest BCUT2D eigenvalue weighted by Gasteiger charge is 2.00. The highest BCUT2D eigenvalue weighted by molar-refractivity contribution is 4.93. The van der Waals surface area contributed by atoms with Crippen LogP contribution in [0.25, 0.3) is 0 Å². The smallest absolute Gasteiger partial charge is 0.0726 e. The molecule has 0 unspecified atom stereocenters. The minimum Gasteiger partial charge on any atom is -0.320 e. The Kier molecular flexibility index (Phi) is 5.11. The number of hydrogen-bond acceptors (Lipinski definition) is 4. The van der Waals surface area contributed by atoms with Gasteiger partial charge in [-0.15, -0.1) is 0 Å². The number of rotatable bonds is 6. The van der Waals surface area contributed by atoms with Gasteiger partial charge in [0.05, 0.1) is 5.69 Å². The molecule has 0 aliphatic heterocycles. The largest absolute Gasteiger partial charge is 0.320 e. The molecule has 0 amide bonds. The molecule has 0 atom stereocenters. The Morgan fingerprint density at radius 2 is 2.29 bits per heavy atom. The zero-order chi connectivity index (χ0) is 10.2. The van der Waals surface area contributed by atoms with Gasteiger partial charge in [-0.1, -0.05) is 0 Å². The summed E-state index contributed by atoms with van der Waals surface area (Å²) in [6.07, 6.45) is 6.41. The topological polar surface area (TPSA) is 41.0 Å². The van der Waals surface area contributed by atoms with E-state index in [9.17, 15) is 0 Å². The van der Waals surface area contributed by atoms with Crippen molar-refractivity contribution in [1.82, 2.24) is 20.2 Å². The summed E-state index contributed by atoms with van der Waals surface area (Å²) in [6.45, 7) is 3.01. The van der Waals surface area contributed by atoms with Gasteiger partial charge in [-0.05, 0) is 33.6 Å². The van der Waals surface area contributed by atoms with E-state index in [1.165, 1.54) is 0 Å². The Balaban J connectivity index is 2.23. The van der Waals surface area contributed by atoms with Crippen molar-refractivity contribution in [3.8, 4) is 0 Å². The van der Waals surface area contributed by atoms with Crippen molar-refractivity contribution in [3.63, 3.8) is 0 Å². The molecule has 0 spiro atoms. The van der Waals surface area contributed by atoms with Crippen LogP contribution in [0.2, 0.25) is 0 Å². The summed E-state index contributed by atoms with van der Waals surface area (Å²) in [5.41, 5.74) is 1.03. The van der Waals surface area contributed by atoms with Crippen molar-refractivity contribution in [3.05, 3.63) is 24.3 Å². The first kappa shape index (κ1) is 11.1. The van der Waals surface area contributed by atoms with Crippen LogP contribution in [-0.2, 0) is 6.54 Å². The van der Waals surface area contributed by atoms with Crippen LogP contribution in [0.15, 0.2) is 18.6 Å². The second-order valence-electron chi connectivity index (χ2n) is 3.39. The van der Waals surface area contributed by atoms with Crippen LogP contribution in [0.1, 0.15) is 12.1 Å². The zero-order valence-electron chi connectivity index (χ0n) is 8.90. The minimum atomic E-state index is 0.873. The van der Waals surface area contributed by atoms with Crippen LogP contribution >= 0.6 is 0 Å². The van der Waals surface area contributed by atoms with E-state index < -0.39 is 0 Å². The molecule has 0 bridgehead atoms. The van der Waals surface area contributed by atoms with Crippen LogP contribution in [-0.4, -0.2) is 42.1 Å². The van der Waals surface area contributed by atoms with E-state index in [4.69, 9.17) is 0 Å². The van der Waals surface area contributed by atoms with Crippen LogP contribution < -0.4 is 5.32 Å². The number of aromatic nitrogens is 2. The lowest BCUT2D eigenvalue weighted by Gasteiger charge is -2.15. The molecule has 0 aliphatic rings. The van der Waals surface area contributed by atoms with Crippen molar-refractivity contribution >= 4 is 0 Å². The van der Waals surface area contributed by atoms with Crippen molar-refractivity contribution < 1.29 is 0 Å². The third-order valence-electron chi connectivity index (χ3n) is 2.02. The molecule has 0 radical (unpaired) electrons. The summed E-state index contributed by atoms with van der Waals surface area (Å²) in [7, 11) is 4.08. The predicted octanol–water partition coefficient (Wildman–Crippen LogP) is 0.518. The van der Waals surface area contributed by atoms with Gasteiger partial charge in [0, 0.05) is 25.1 Å². The molecule has 14 heavy (non-hydrogen) atoms. The predicted molar refractivity (Wildman–Crippen MR) is 56.9 cm³/mol. The van der Waals surface area contributed by atoms with E-state index in [-0.39, 0.29) is 0 Å². The summed E-state index contributed by atoms with van der Waals surface area (Å²) in [6, 6.07) is 0. The van der Waals surface area contributed by atoms with Gasteiger partial charge in [-0.3, -0.25) is 9.97 Å². The molecule has 0 saturated carbocycles. The van der Waals surface area contributed by atoms with Gasteiger partial charge in [-0.2, -0.15) is 0 Å². The molecule has 1 rings (SSSR count). The van der Waals surface area contributed by atoms with Gasteiger partial charge >= 0.3 is 0 Å². The highest BCUT2D eigenvalue weighted by atomic mass is 15.1. The molecular weight excluding hydrogens is 176 g/mol. The number of nitrogens with one attached hydrogen (secondary N) is 1. The molecule has 1 aromatic heterocycles. The van der Waals surface area contributed by atoms with Crippen LogP contribution in [0.5, 0.6) is 0 Å². The Labute approximate surface area is 85.4 Å². The summed E-state index contributed by atoms with van der Waals surface area (Å²) >= 11 is 0. The SMILES string of the molecule is CNCCCN(C)Cc1cnccn1. The fourth-order valence-corrected chi connectivity index (χ4v) is 1.29. The van der Waals surface area contributed by atoms with Crippen molar-refractivity contribution in [2.45, 2.75) is 13.0 Å². The van der Waals surface area contributed by atoms with Crippen LogP contribution in [0, 0.1) is 0 Å². The summed E-state index contributed by atoms with van der Waals surface area (Å²) < 4.78 is 0. The maximum atomic E-state index is 4.23. The van der Waals surface area contributed by atoms with E-state index >= 15 is 0 Å². The molecule has 4 nitrogen and oxygen atoms in total. The highest BCUT2D eigenvalue weighted by Crippen LogP contribution is 1.96. The van der Waals surface area contributed by atoms with Gasteiger partial charge in [0.1, 0.15) is 0 Å². The number of hydrogen-bond donors (Lipinski definition) is 1. The average molecular weight is 194 g/mol. The monoisotopic (exact) mass is 194 g/mol. The van der Waals surface area contributed by atoms with Crippen LogP contribution in [0.4, 0.5) is 0 Å².